The zero-order valence-corrected chi connectivity index (χ0v) is 26.9. The number of hydrogen-bond donors (Lipinski definition) is 5. The number of aliphatic hydroxyl groups is 3. The van der Waals surface area contributed by atoms with Gasteiger partial charge in [-0.05, 0) is 44.1 Å². The summed E-state index contributed by atoms with van der Waals surface area (Å²) in [6, 6.07) is 10.4. The fourth-order valence-electron chi connectivity index (χ4n) is 7.63. The van der Waals surface area contributed by atoms with Crippen molar-refractivity contribution in [2.24, 2.45) is 0 Å². The lowest BCUT2D eigenvalue weighted by atomic mass is 9.50. The SMILES string of the molecule is COc1ccc2c3c1O[C@H]1C(OC(=O)[C@H](O)[C@@H](O)C(=O)O[C@H](C(=O)O[C@@H](CC(=O)O)C(=O)O)c4ccccc4)=CC[C@@]4(O)[C@H](C2)N(C)CC[C@]314. The molecule has 0 amide bonds. The molecule has 16 heteroatoms. The molecule has 6 rings (SSSR count). The molecule has 2 aliphatic heterocycles. The number of rotatable bonds is 12. The summed E-state index contributed by atoms with van der Waals surface area (Å²) >= 11 is 0. The lowest BCUT2D eigenvalue weighted by Gasteiger charge is -2.61. The van der Waals surface area contributed by atoms with Crippen molar-refractivity contribution in [3.05, 3.63) is 71.0 Å². The Bertz CT molecular complexity index is 1760. The van der Waals surface area contributed by atoms with Crippen LogP contribution in [0.1, 0.15) is 42.1 Å². The fourth-order valence-corrected chi connectivity index (χ4v) is 7.63. The van der Waals surface area contributed by atoms with Gasteiger partial charge in [-0.2, -0.15) is 0 Å². The second-order valence-corrected chi connectivity index (χ2v) is 12.7. The molecular weight excluding hydrogens is 662 g/mol. The molecule has 0 radical (unpaired) electrons. The first-order chi connectivity index (χ1) is 23.7. The Hall–Kier alpha value is -5.03. The number of nitrogens with zero attached hydrogens (tertiary/aromatic N) is 1. The maximum atomic E-state index is 13.3. The summed E-state index contributed by atoms with van der Waals surface area (Å²) in [5.41, 5.74) is -0.721. The Balaban J connectivity index is 1.21. The normalized spacial score (nSPS) is 26.9. The molecule has 1 spiro atoms. The van der Waals surface area contributed by atoms with E-state index in [4.69, 9.17) is 28.8 Å². The first-order valence-electron chi connectivity index (χ1n) is 15.7. The van der Waals surface area contributed by atoms with E-state index in [1.807, 2.05) is 13.1 Å². The van der Waals surface area contributed by atoms with Gasteiger partial charge in [0, 0.05) is 23.6 Å². The number of ether oxygens (including phenoxy) is 5. The van der Waals surface area contributed by atoms with Gasteiger partial charge in [0.15, 0.2) is 29.8 Å². The van der Waals surface area contributed by atoms with E-state index in [0.29, 0.717) is 30.9 Å². The van der Waals surface area contributed by atoms with Crippen molar-refractivity contribution in [3.63, 3.8) is 0 Å². The standard InChI is InChI=1S/C34H35NO15/c1-35-13-12-33-23-17-8-9-18(46-2)27(23)49-28(33)19(10-11-34(33,45)21(35)14-17)47-30(42)24(38)25(39)31(43)50-26(16-6-4-3-5-7-16)32(44)48-20(29(40)41)15-22(36)37/h3-10,20-21,24-26,28,38-39,45H,11-15H2,1-2H3,(H,36,37)(H,40,41)/t20-,21-,24+,25+,26-,28-,33-,34+/m0/s1. The molecule has 0 saturated carbocycles. The Kier molecular flexibility index (Phi) is 9.07. The highest BCUT2D eigenvalue weighted by molar-refractivity contribution is 5.89. The number of carbonyl (C=O) groups is 5. The highest BCUT2D eigenvalue weighted by Crippen LogP contribution is 2.65. The minimum Gasteiger partial charge on any atom is -0.493 e. The van der Waals surface area contributed by atoms with E-state index in [-0.39, 0.29) is 23.8 Å². The zero-order chi connectivity index (χ0) is 36.1. The third kappa shape index (κ3) is 5.53. The molecule has 2 heterocycles. The first kappa shape index (κ1) is 34.8. The van der Waals surface area contributed by atoms with Crippen LogP contribution in [0, 0.1) is 0 Å². The monoisotopic (exact) mass is 697 g/mol. The van der Waals surface area contributed by atoms with Crippen LogP contribution >= 0.6 is 0 Å². The van der Waals surface area contributed by atoms with E-state index < -0.39 is 77.8 Å². The molecule has 2 aliphatic carbocycles. The number of likely N-dealkylation sites (N-methyl/N-ethyl adjacent to an activating group) is 1. The predicted molar refractivity (Wildman–Crippen MR) is 165 cm³/mol. The van der Waals surface area contributed by atoms with Crippen LogP contribution in [0.15, 0.2) is 54.3 Å². The van der Waals surface area contributed by atoms with Gasteiger partial charge in [0.1, 0.15) is 5.76 Å². The van der Waals surface area contributed by atoms with Crippen LogP contribution in [0.25, 0.3) is 0 Å². The lowest BCUT2D eigenvalue weighted by molar-refractivity contribution is -0.187. The summed E-state index contributed by atoms with van der Waals surface area (Å²) in [6.07, 6.45) is -8.94. The molecule has 0 unspecified atom stereocenters. The number of aliphatic hydroxyl groups excluding tert-OH is 2. The number of carboxylic acids is 2. The number of hydrogen-bond acceptors (Lipinski definition) is 14. The van der Waals surface area contributed by atoms with Crippen LogP contribution in [-0.2, 0) is 50.0 Å². The van der Waals surface area contributed by atoms with Crippen molar-refractivity contribution < 1.29 is 73.2 Å². The predicted octanol–water partition coefficient (Wildman–Crippen LogP) is -0.00650. The van der Waals surface area contributed by atoms with Gasteiger partial charge in [-0.15, -0.1) is 0 Å². The van der Waals surface area contributed by atoms with Gasteiger partial charge in [-0.1, -0.05) is 36.4 Å². The summed E-state index contributed by atoms with van der Waals surface area (Å²) in [6.45, 7) is 0.589. The van der Waals surface area contributed by atoms with Gasteiger partial charge >= 0.3 is 29.8 Å². The van der Waals surface area contributed by atoms with E-state index in [9.17, 15) is 44.4 Å². The van der Waals surface area contributed by atoms with Crippen molar-refractivity contribution in [1.82, 2.24) is 4.90 Å². The molecule has 2 aromatic carbocycles. The van der Waals surface area contributed by atoms with Gasteiger partial charge in [-0.3, -0.25) is 4.79 Å². The molecule has 2 bridgehead atoms. The molecule has 50 heavy (non-hydrogen) atoms. The van der Waals surface area contributed by atoms with E-state index >= 15 is 0 Å². The van der Waals surface area contributed by atoms with Gasteiger partial charge < -0.3 is 54.1 Å². The Morgan fingerprint density at radius 2 is 1.68 bits per heavy atom. The number of likely N-dealkylation sites (tertiary alicyclic amines) is 1. The number of benzene rings is 2. The summed E-state index contributed by atoms with van der Waals surface area (Å²) < 4.78 is 27.4. The molecule has 4 aliphatic rings. The topological polar surface area (TPSA) is 236 Å². The molecule has 1 fully saturated rings. The third-order valence-corrected chi connectivity index (χ3v) is 10.0. The highest BCUT2D eigenvalue weighted by atomic mass is 16.6. The Morgan fingerprint density at radius 3 is 2.34 bits per heavy atom. The molecule has 16 nitrogen and oxygen atoms in total. The van der Waals surface area contributed by atoms with Crippen molar-refractivity contribution >= 4 is 29.8 Å². The molecule has 2 aromatic rings. The van der Waals surface area contributed by atoms with Gasteiger partial charge in [0.2, 0.25) is 12.2 Å². The Labute approximate surface area is 284 Å². The second-order valence-electron chi connectivity index (χ2n) is 12.7. The van der Waals surface area contributed by atoms with Gasteiger partial charge in [0.05, 0.1) is 24.5 Å². The number of carbonyl (C=O) groups excluding carboxylic acids is 3. The molecule has 5 N–H and O–H groups in total. The van der Waals surface area contributed by atoms with Crippen LogP contribution in [0.2, 0.25) is 0 Å². The van der Waals surface area contributed by atoms with E-state index in [0.717, 1.165) is 11.1 Å². The van der Waals surface area contributed by atoms with Crippen molar-refractivity contribution in [2.45, 2.75) is 73.3 Å². The fraction of sp³-hybridized carbons (Fsp3) is 0.441. The van der Waals surface area contributed by atoms with Gasteiger partial charge in [-0.25, -0.2) is 19.2 Å². The third-order valence-electron chi connectivity index (χ3n) is 10.0. The quantitative estimate of drug-likeness (QED) is 0.145. The molecule has 8 atom stereocenters. The van der Waals surface area contributed by atoms with Crippen LogP contribution in [-0.4, -0.2) is 117 Å². The van der Waals surface area contributed by atoms with E-state index in [1.165, 1.54) is 37.5 Å². The van der Waals surface area contributed by atoms with Crippen LogP contribution in [0.5, 0.6) is 11.5 Å². The lowest BCUT2D eigenvalue weighted by Crippen LogP contribution is -2.74. The molecular formula is C34H35NO15. The van der Waals surface area contributed by atoms with Crippen LogP contribution in [0.4, 0.5) is 0 Å². The zero-order valence-electron chi connectivity index (χ0n) is 26.9. The van der Waals surface area contributed by atoms with Crippen LogP contribution in [0.3, 0.4) is 0 Å². The number of aliphatic carboxylic acids is 2. The van der Waals surface area contributed by atoms with Crippen molar-refractivity contribution in [2.75, 3.05) is 20.7 Å². The summed E-state index contributed by atoms with van der Waals surface area (Å²) in [5, 5.41) is 52.0. The number of carboxylic acid groups (broad SMARTS) is 2. The maximum Gasteiger partial charge on any atom is 0.353 e. The van der Waals surface area contributed by atoms with E-state index in [1.54, 1.807) is 12.1 Å². The van der Waals surface area contributed by atoms with Crippen molar-refractivity contribution in [1.29, 1.82) is 0 Å². The number of piperidine rings is 1. The molecule has 1 saturated heterocycles. The number of esters is 3. The minimum atomic E-state index is -2.61. The average Bonchev–Trinajstić information content (AvgIpc) is 3.45. The summed E-state index contributed by atoms with van der Waals surface area (Å²) in [7, 11) is 3.40. The maximum absolute atomic E-state index is 13.3. The van der Waals surface area contributed by atoms with Gasteiger partial charge in [0.25, 0.3) is 0 Å². The summed E-state index contributed by atoms with van der Waals surface area (Å²) in [4.78, 5) is 63.9. The van der Waals surface area contributed by atoms with Crippen LogP contribution < -0.4 is 9.47 Å². The summed E-state index contributed by atoms with van der Waals surface area (Å²) in [5.74, 6) is -7.24. The Morgan fingerprint density at radius 1 is 0.980 bits per heavy atom. The molecule has 0 aromatic heterocycles. The largest absolute Gasteiger partial charge is 0.493 e. The smallest absolute Gasteiger partial charge is 0.353 e. The minimum absolute atomic E-state index is 0.0506. The highest BCUT2D eigenvalue weighted by Gasteiger charge is 2.72. The second kappa shape index (κ2) is 13.0. The number of methoxy groups -OCH3 is 1. The molecule has 266 valence electrons. The average molecular weight is 698 g/mol. The first-order valence-corrected chi connectivity index (χ1v) is 15.7. The van der Waals surface area contributed by atoms with E-state index in [2.05, 4.69) is 4.90 Å². The van der Waals surface area contributed by atoms with Crippen molar-refractivity contribution in [3.8, 4) is 11.5 Å².